The number of hydrogen-bond donors (Lipinski definition) is 1. The van der Waals surface area contributed by atoms with E-state index in [9.17, 15) is 4.39 Å². The molecule has 2 aromatic heterocycles. The maximum atomic E-state index is 13.1. The second kappa shape index (κ2) is 6.61. The van der Waals surface area contributed by atoms with E-state index < -0.39 is 0 Å². The van der Waals surface area contributed by atoms with E-state index in [1.165, 1.54) is 61.4 Å². The molecule has 2 aliphatic rings. The molecule has 24 heavy (non-hydrogen) atoms. The van der Waals surface area contributed by atoms with Gasteiger partial charge in [0.25, 0.3) is 0 Å². The van der Waals surface area contributed by atoms with E-state index in [0.29, 0.717) is 11.2 Å². The van der Waals surface area contributed by atoms with Gasteiger partial charge in [-0.1, -0.05) is 6.07 Å². The molecule has 0 aromatic carbocycles. The molecule has 0 radical (unpaired) electrons. The van der Waals surface area contributed by atoms with Crippen molar-refractivity contribution in [2.24, 2.45) is 5.41 Å². The van der Waals surface area contributed by atoms with Gasteiger partial charge in [0.15, 0.2) is 11.6 Å². The third-order valence-electron chi connectivity index (χ3n) is 5.41. The van der Waals surface area contributed by atoms with Crippen molar-refractivity contribution in [1.29, 1.82) is 0 Å². The van der Waals surface area contributed by atoms with Crippen LogP contribution in [0.5, 0.6) is 0 Å². The zero-order valence-electron chi connectivity index (χ0n) is 13.9. The minimum absolute atomic E-state index is 0.346. The van der Waals surface area contributed by atoms with Gasteiger partial charge in [-0.05, 0) is 62.4 Å². The predicted molar refractivity (Wildman–Crippen MR) is 90.4 cm³/mol. The van der Waals surface area contributed by atoms with Crippen LogP contribution in [0, 0.1) is 11.2 Å². The average molecular weight is 329 g/mol. The molecule has 2 saturated heterocycles. The van der Waals surface area contributed by atoms with Crippen molar-refractivity contribution in [2.75, 3.05) is 26.2 Å². The van der Waals surface area contributed by atoms with Gasteiger partial charge < -0.3 is 5.32 Å². The van der Waals surface area contributed by atoms with Gasteiger partial charge in [0.1, 0.15) is 0 Å². The van der Waals surface area contributed by atoms with Gasteiger partial charge in [-0.15, -0.1) is 0 Å². The number of nitrogens with one attached hydrogen (secondary N) is 1. The van der Waals surface area contributed by atoms with E-state index in [2.05, 4.69) is 26.4 Å². The number of aromatic nitrogens is 3. The summed E-state index contributed by atoms with van der Waals surface area (Å²) in [6, 6.07) is 3.98. The van der Waals surface area contributed by atoms with E-state index in [4.69, 9.17) is 0 Å². The zero-order valence-corrected chi connectivity index (χ0v) is 13.9. The van der Waals surface area contributed by atoms with Crippen molar-refractivity contribution in [1.82, 2.24) is 25.0 Å². The lowest BCUT2D eigenvalue weighted by molar-refractivity contribution is 0.0551. The standard InChI is InChI=1S/C18H24FN5/c19-16-11-22-24(13-16)17-3-2-15(10-21-17)12-23-9-1-4-18(14-23)5-7-20-8-6-18/h2-3,10-11,13,20H,1,4-9,12,14H2. The molecular formula is C18H24FN5. The Morgan fingerprint density at radius 3 is 2.75 bits per heavy atom. The van der Waals surface area contributed by atoms with Crippen molar-refractivity contribution < 1.29 is 4.39 Å². The van der Waals surface area contributed by atoms with E-state index in [1.807, 2.05) is 12.3 Å². The van der Waals surface area contributed by atoms with Crippen molar-refractivity contribution in [3.8, 4) is 5.82 Å². The molecule has 0 aliphatic carbocycles. The first-order valence-electron chi connectivity index (χ1n) is 8.81. The summed E-state index contributed by atoms with van der Waals surface area (Å²) < 4.78 is 14.5. The van der Waals surface area contributed by atoms with E-state index in [1.54, 1.807) is 0 Å². The first kappa shape index (κ1) is 15.7. The number of piperidine rings is 2. The summed E-state index contributed by atoms with van der Waals surface area (Å²) in [5.74, 6) is 0.303. The molecule has 4 heterocycles. The predicted octanol–water partition coefficient (Wildman–Crippen LogP) is 2.37. The highest BCUT2D eigenvalue weighted by Crippen LogP contribution is 2.38. The normalized spacial score (nSPS) is 21.2. The molecular weight excluding hydrogens is 305 g/mol. The molecule has 1 N–H and O–H groups in total. The maximum absolute atomic E-state index is 13.1. The van der Waals surface area contributed by atoms with Crippen LogP contribution in [0.25, 0.3) is 5.82 Å². The second-order valence-electron chi connectivity index (χ2n) is 7.19. The highest BCUT2D eigenvalue weighted by atomic mass is 19.1. The van der Waals surface area contributed by atoms with Crippen LogP contribution in [-0.4, -0.2) is 45.8 Å². The zero-order chi connectivity index (χ0) is 16.4. The van der Waals surface area contributed by atoms with E-state index in [-0.39, 0.29) is 5.82 Å². The molecule has 128 valence electrons. The van der Waals surface area contributed by atoms with Crippen LogP contribution in [0.3, 0.4) is 0 Å². The monoisotopic (exact) mass is 329 g/mol. The average Bonchev–Trinajstić information content (AvgIpc) is 3.03. The Balaban J connectivity index is 1.41. The Morgan fingerprint density at radius 1 is 1.17 bits per heavy atom. The van der Waals surface area contributed by atoms with E-state index >= 15 is 0 Å². The Labute approximate surface area is 141 Å². The first-order valence-corrected chi connectivity index (χ1v) is 8.81. The van der Waals surface area contributed by atoms with Gasteiger partial charge in [0, 0.05) is 19.3 Å². The molecule has 0 amide bonds. The van der Waals surface area contributed by atoms with Crippen LogP contribution >= 0.6 is 0 Å². The van der Waals surface area contributed by atoms with Gasteiger partial charge in [-0.25, -0.2) is 14.1 Å². The fraction of sp³-hybridized carbons (Fsp3) is 0.556. The third kappa shape index (κ3) is 3.35. The minimum atomic E-state index is -0.346. The molecule has 0 saturated carbocycles. The van der Waals surface area contributed by atoms with Crippen LogP contribution in [-0.2, 0) is 6.54 Å². The van der Waals surface area contributed by atoms with Crippen LogP contribution in [0.2, 0.25) is 0 Å². The summed E-state index contributed by atoms with van der Waals surface area (Å²) >= 11 is 0. The summed E-state index contributed by atoms with van der Waals surface area (Å²) in [5.41, 5.74) is 1.72. The van der Waals surface area contributed by atoms with Crippen molar-refractivity contribution in [3.63, 3.8) is 0 Å². The fourth-order valence-electron chi connectivity index (χ4n) is 4.14. The molecule has 0 bridgehead atoms. The van der Waals surface area contributed by atoms with Crippen molar-refractivity contribution >= 4 is 0 Å². The molecule has 5 nitrogen and oxygen atoms in total. The number of hydrogen-bond acceptors (Lipinski definition) is 4. The first-order chi connectivity index (χ1) is 11.7. The number of likely N-dealkylation sites (tertiary alicyclic amines) is 1. The van der Waals surface area contributed by atoms with Gasteiger partial charge in [-0.3, -0.25) is 4.90 Å². The molecule has 0 unspecified atom stereocenters. The summed E-state index contributed by atoms with van der Waals surface area (Å²) in [6.45, 7) is 5.62. The van der Waals surface area contributed by atoms with Gasteiger partial charge in [-0.2, -0.15) is 5.10 Å². The summed E-state index contributed by atoms with van der Waals surface area (Å²) in [7, 11) is 0. The minimum Gasteiger partial charge on any atom is -0.317 e. The highest BCUT2D eigenvalue weighted by Gasteiger charge is 2.36. The molecule has 2 fully saturated rings. The van der Waals surface area contributed by atoms with Crippen LogP contribution < -0.4 is 5.32 Å². The van der Waals surface area contributed by atoms with Crippen molar-refractivity contribution in [3.05, 3.63) is 42.1 Å². The number of halogens is 1. The summed E-state index contributed by atoms with van der Waals surface area (Å²) in [6.07, 6.45) is 9.68. The molecule has 0 atom stereocenters. The Kier molecular flexibility index (Phi) is 4.33. The molecule has 2 aromatic rings. The number of rotatable bonds is 3. The van der Waals surface area contributed by atoms with Crippen LogP contribution in [0.15, 0.2) is 30.7 Å². The molecule has 4 rings (SSSR count). The summed E-state index contributed by atoms with van der Waals surface area (Å²) in [4.78, 5) is 7.00. The second-order valence-corrected chi connectivity index (χ2v) is 7.19. The molecule has 6 heteroatoms. The smallest absolute Gasteiger partial charge is 0.161 e. The van der Waals surface area contributed by atoms with Gasteiger partial charge in [0.2, 0.25) is 0 Å². The third-order valence-corrected chi connectivity index (χ3v) is 5.41. The Bertz CT molecular complexity index is 669. The fourth-order valence-corrected chi connectivity index (χ4v) is 4.14. The van der Waals surface area contributed by atoms with Gasteiger partial charge in [0.05, 0.1) is 12.4 Å². The van der Waals surface area contributed by atoms with Gasteiger partial charge >= 0.3 is 0 Å². The maximum Gasteiger partial charge on any atom is 0.161 e. The number of nitrogens with zero attached hydrogens (tertiary/aromatic N) is 4. The lowest BCUT2D eigenvalue weighted by Crippen LogP contribution is -2.48. The SMILES string of the molecule is Fc1cnn(-c2ccc(CN3CCCC4(CCNCC4)C3)cn2)c1. The molecule has 1 spiro atoms. The largest absolute Gasteiger partial charge is 0.317 e. The molecule has 2 aliphatic heterocycles. The van der Waals surface area contributed by atoms with Crippen LogP contribution in [0.4, 0.5) is 4.39 Å². The lowest BCUT2D eigenvalue weighted by Gasteiger charge is -2.45. The number of pyridine rings is 1. The topological polar surface area (TPSA) is 46.0 Å². The van der Waals surface area contributed by atoms with Crippen LogP contribution in [0.1, 0.15) is 31.2 Å². The lowest BCUT2D eigenvalue weighted by atomic mass is 9.73. The Hall–Kier alpha value is -1.79. The Morgan fingerprint density at radius 2 is 2.04 bits per heavy atom. The van der Waals surface area contributed by atoms with Crippen molar-refractivity contribution in [2.45, 2.75) is 32.2 Å². The summed E-state index contributed by atoms with van der Waals surface area (Å²) in [5, 5.41) is 7.43. The highest BCUT2D eigenvalue weighted by molar-refractivity contribution is 5.24. The quantitative estimate of drug-likeness (QED) is 0.939. The van der Waals surface area contributed by atoms with E-state index in [0.717, 1.165) is 19.6 Å².